The summed E-state index contributed by atoms with van der Waals surface area (Å²) in [7, 11) is -0.389. The Bertz CT molecular complexity index is 809. The van der Waals surface area contributed by atoms with Crippen molar-refractivity contribution in [2.24, 2.45) is 11.8 Å². The molecule has 1 aliphatic carbocycles. The Hall–Kier alpha value is -1.55. The Balaban J connectivity index is 1.33. The molecule has 0 spiro atoms. The number of halogens is 3. The molecule has 2 aliphatic rings. The van der Waals surface area contributed by atoms with Gasteiger partial charge in [0.15, 0.2) is 17.5 Å². The number of hydrogen-bond acceptors (Lipinski definition) is 0. The van der Waals surface area contributed by atoms with Crippen molar-refractivity contribution >= 4 is 8.80 Å². The molecule has 0 nitrogen and oxygen atoms in total. The van der Waals surface area contributed by atoms with Crippen molar-refractivity contribution in [3.8, 4) is 11.1 Å². The molecule has 2 aromatic rings. The summed E-state index contributed by atoms with van der Waals surface area (Å²) >= 11 is 0. The molecular weight excluding hydrogens is 397 g/mol. The van der Waals surface area contributed by atoms with Gasteiger partial charge in [-0.05, 0) is 72.3 Å². The van der Waals surface area contributed by atoms with Gasteiger partial charge in [0.25, 0.3) is 0 Å². The summed E-state index contributed by atoms with van der Waals surface area (Å²) in [6.07, 6.45) is 9.54. The average Bonchev–Trinajstić information content (AvgIpc) is 2.78. The molecule has 4 rings (SSSR count). The second-order valence-electron chi connectivity index (χ2n) is 9.56. The molecule has 0 radical (unpaired) electrons. The minimum atomic E-state index is -1.41. The summed E-state index contributed by atoms with van der Waals surface area (Å²) in [4.78, 5) is 0. The van der Waals surface area contributed by atoms with Crippen LogP contribution in [0.3, 0.4) is 0 Å². The smallest absolute Gasteiger partial charge is 0.194 e. The molecule has 2 aromatic carbocycles. The first-order chi connectivity index (χ1) is 14.5. The maximum atomic E-state index is 13.5. The van der Waals surface area contributed by atoms with Crippen molar-refractivity contribution in [1.29, 1.82) is 0 Å². The van der Waals surface area contributed by atoms with Crippen molar-refractivity contribution < 1.29 is 13.2 Å². The van der Waals surface area contributed by atoms with Crippen molar-refractivity contribution in [2.75, 3.05) is 0 Å². The molecule has 0 bridgehead atoms. The third-order valence-corrected chi connectivity index (χ3v) is 11.4. The van der Waals surface area contributed by atoms with E-state index in [1.165, 1.54) is 50.5 Å². The topological polar surface area (TPSA) is 0 Å². The second kappa shape index (κ2) is 9.72. The minimum Gasteiger partial charge on any atom is -0.204 e. The van der Waals surface area contributed by atoms with E-state index in [2.05, 4.69) is 19.1 Å². The molecular formula is C26H33F3Si. The fraction of sp³-hybridized carbons (Fsp3) is 0.538. The maximum absolute atomic E-state index is 13.5. The first-order valence-electron chi connectivity index (χ1n) is 11.8. The van der Waals surface area contributed by atoms with Crippen LogP contribution in [0.15, 0.2) is 36.4 Å². The third-order valence-electron chi connectivity index (χ3n) is 7.73. The summed E-state index contributed by atoms with van der Waals surface area (Å²) in [5.74, 6) is -1.21. The molecule has 1 saturated heterocycles. The molecule has 162 valence electrons. The van der Waals surface area contributed by atoms with E-state index < -0.39 is 17.5 Å². The molecule has 2 fully saturated rings. The van der Waals surface area contributed by atoms with E-state index in [9.17, 15) is 13.2 Å². The molecule has 4 heteroatoms. The van der Waals surface area contributed by atoms with E-state index in [1.54, 1.807) is 18.1 Å². The molecule has 0 atom stereocenters. The van der Waals surface area contributed by atoms with Crippen LogP contribution in [0, 0.1) is 29.3 Å². The molecule has 0 unspecified atom stereocenters. The van der Waals surface area contributed by atoms with E-state index >= 15 is 0 Å². The quantitative estimate of drug-likeness (QED) is 0.332. The lowest BCUT2D eigenvalue weighted by Gasteiger charge is -2.37. The predicted molar refractivity (Wildman–Crippen MR) is 121 cm³/mol. The molecule has 0 aromatic heterocycles. The van der Waals surface area contributed by atoms with Gasteiger partial charge in [-0.2, -0.15) is 0 Å². The molecule has 30 heavy (non-hydrogen) atoms. The second-order valence-corrected chi connectivity index (χ2v) is 13.0. The van der Waals surface area contributed by atoms with Gasteiger partial charge in [0.2, 0.25) is 0 Å². The zero-order valence-electron chi connectivity index (χ0n) is 18.0. The lowest BCUT2D eigenvalue weighted by atomic mass is 9.72. The number of rotatable bonds is 5. The van der Waals surface area contributed by atoms with Crippen molar-refractivity contribution in [3.63, 3.8) is 0 Å². The lowest BCUT2D eigenvalue weighted by Crippen LogP contribution is -2.28. The molecule has 0 N–H and O–H groups in total. The predicted octanol–water partition coefficient (Wildman–Crippen LogP) is 8.09. The van der Waals surface area contributed by atoms with Crippen LogP contribution in [-0.4, -0.2) is 8.80 Å². The Morgan fingerprint density at radius 1 is 0.767 bits per heavy atom. The first-order valence-corrected chi connectivity index (χ1v) is 14.2. The van der Waals surface area contributed by atoms with Crippen LogP contribution >= 0.6 is 0 Å². The summed E-state index contributed by atoms with van der Waals surface area (Å²) in [5.41, 5.74) is 2.42. The number of benzene rings is 2. The van der Waals surface area contributed by atoms with Crippen LogP contribution in [0.2, 0.25) is 18.1 Å². The highest BCUT2D eigenvalue weighted by molar-refractivity contribution is 6.58. The molecule has 1 saturated carbocycles. The van der Waals surface area contributed by atoms with Crippen LogP contribution in [0.25, 0.3) is 11.1 Å². The monoisotopic (exact) mass is 430 g/mol. The zero-order chi connectivity index (χ0) is 21.1. The van der Waals surface area contributed by atoms with Gasteiger partial charge in [0.05, 0.1) is 0 Å². The van der Waals surface area contributed by atoms with Gasteiger partial charge in [0, 0.05) is 8.80 Å². The van der Waals surface area contributed by atoms with Gasteiger partial charge >= 0.3 is 0 Å². The highest BCUT2D eigenvalue weighted by Crippen LogP contribution is 2.43. The first kappa shape index (κ1) is 21.7. The highest BCUT2D eigenvalue weighted by atomic mass is 28.3. The van der Waals surface area contributed by atoms with Crippen LogP contribution in [0.1, 0.15) is 63.4 Å². The summed E-state index contributed by atoms with van der Waals surface area (Å²) < 4.78 is 40.3. The van der Waals surface area contributed by atoms with Gasteiger partial charge in [-0.1, -0.05) is 68.6 Å². The van der Waals surface area contributed by atoms with Gasteiger partial charge in [-0.3, -0.25) is 0 Å². The fourth-order valence-corrected chi connectivity index (χ4v) is 9.43. The van der Waals surface area contributed by atoms with E-state index in [4.69, 9.17) is 0 Å². The van der Waals surface area contributed by atoms with Crippen molar-refractivity contribution in [2.45, 2.75) is 75.9 Å². The van der Waals surface area contributed by atoms with Gasteiger partial charge in [-0.25, -0.2) is 13.2 Å². The van der Waals surface area contributed by atoms with E-state index in [0.717, 1.165) is 29.5 Å². The standard InChI is InChI=1S/C26H33F3Si/c1-2-13-30-14-11-22(12-15-30)20-5-3-18(4-6-20)19-7-9-21(10-8-19)23-16-24(27)26(29)25(28)17-23/h7-10,16-18,20,22,30H,2-6,11-15H2,1H3. The Kier molecular flexibility index (Phi) is 7.02. The Morgan fingerprint density at radius 3 is 1.90 bits per heavy atom. The highest BCUT2D eigenvalue weighted by Gasteiger charge is 2.31. The molecule has 0 amide bonds. The maximum Gasteiger partial charge on any atom is 0.194 e. The van der Waals surface area contributed by atoms with Gasteiger partial charge in [-0.15, -0.1) is 0 Å². The summed E-state index contributed by atoms with van der Waals surface area (Å²) in [5, 5.41) is 0. The van der Waals surface area contributed by atoms with E-state index in [1.807, 2.05) is 12.1 Å². The fourth-order valence-electron chi connectivity index (χ4n) is 5.95. The Labute approximate surface area is 180 Å². The lowest BCUT2D eigenvalue weighted by molar-refractivity contribution is 0.216. The van der Waals surface area contributed by atoms with Crippen molar-refractivity contribution in [3.05, 3.63) is 59.4 Å². The van der Waals surface area contributed by atoms with Crippen LogP contribution in [-0.2, 0) is 0 Å². The zero-order valence-corrected chi connectivity index (χ0v) is 19.1. The van der Waals surface area contributed by atoms with Crippen LogP contribution in [0.4, 0.5) is 13.2 Å². The molecule has 1 aliphatic heterocycles. The summed E-state index contributed by atoms with van der Waals surface area (Å²) in [6.45, 7) is 2.34. The largest absolute Gasteiger partial charge is 0.204 e. The average molecular weight is 431 g/mol. The third kappa shape index (κ3) is 4.85. The molecule has 1 heterocycles. The SMILES string of the molecule is CCC[SiH]1CCC(C2CCC(c3ccc(-c4cc(F)c(F)c(F)c4)cc3)CC2)CC1. The Morgan fingerprint density at radius 2 is 1.33 bits per heavy atom. The van der Waals surface area contributed by atoms with E-state index in [-0.39, 0.29) is 8.80 Å². The van der Waals surface area contributed by atoms with Crippen molar-refractivity contribution in [1.82, 2.24) is 0 Å². The van der Waals surface area contributed by atoms with Gasteiger partial charge < -0.3 is 0 Å². The van der Waals surface area contributed by atoms with Crippen LogP contribution < -0.4 is 0 Å². The normalized spacial score (nSPS) is 27.2. The van der Waals surface area contributed by atoms with Gasteiger partial charge in [0.1, 0.15) is 0 Å². The number of hydrogen-bond donors (Lipinski definition) is 0. The minimum absolute atomic E-state index is 0.379. The van der Waals surface area contributed by atoms with Crippen LogP contribution in [0.5, 0.6) is 0 Å². The van der Waals surface area contributed by atoms with E-state index in [0.29, 0.717) is 11.5 Å². The summed E-state index contributed by atoms with van der Waals surface area (Å²) in [6, 6.07) is 14.8.